The van der Waals surface area contributed by atoms with E-state index >= 15 is 0 Å². The van der Waals surface area contributed by atoms with Crippen molar-refractivity contribution in [3.05, 3.63) is 47.9 Å². The van der Waals surface area contributed by atoms with Gasteiger partial charge >= 0.3 is 5.97 Å². The molecule has 0 spiro atoms. The smallest absolute Gasteiger partial charge is 0.335 e. The molecule has 0 aliphatic heterocycles. The van der Waals surface area contributed by atoms with E-state index in [2.05, 4.69) is 9.97 Å². The minimum Gasteiger partial charge on any atom is -0.478 e. The van der Waals surface area contributed by atoms with Crippen LogP contribution in [0.1, 0.15) is 16.1 Å². The summed E-state index contributed by atoms with van der Waals surface area (Å²) in [4.78, 5) is 31.2. The number of hydrogen-bond acceptors (Lipinski definition) is 3. The first kappa shape index (κ1) is 12.8. The topological polar surface area (TPSA) is 86.3 Å². The Labute approximate surface area is 109 Å². The minimum absolute atomic E-state index is 0.101. The fourth-order valence-corrected chi connectivity index (χ4v) is 1.62. The van der Waals surface area contributed by atoms with Crippen LogP contribution in [-0.4, -0.2) is 34.0 Å². The standard InChI is InChI=1S/C13H13N3O3/c1-16(12(17)8-10-3-2-5-14-10)11-7-9(13(18)19)4-6-15-11/h2-7,14H,8H2,1H3,(H,18,19). The van der Waals surface area contributed by atoms with E-state index in [0.717, 1.165) is 5.69 Å². The van der Waals surface area contributed by atoms with E-state index < -0.39 is 5.97 Å². The first-order valence-corrected chi connectivity index (χ1v) is 5.66. The summed E-state index contributed by atoms with van der Waals surface area (Å²) < 4.78 is 0. The van der Waals surface area contributed by atoms with Crippen molar-refractivity contribution in [2.75, 3.05) is 11.9 Å². The number of likely N-dealkylation sites (N-methyl/N-ethyl adjacent to an activating group) is 1. The normalized spacial score (nSPS) is 10.2. The molecule has 1 amide bonds. The fraction of sp³-hybridized carbons (Fsp3) is 0.154. The van der Waals surface area contributed by atoms with Crippen molar-refractivity contribution >= 4 is 17.7 Å². The molecule has 0 atom stereocenters. The van der Waals surface area contributed by atoms with Crippen molar-refractivity contribution < 1.29 is 14.7 Å². The summed E-state index contributed by atoms with van der Waals surface area (Å²) in [5, 5.41) is 8.90. The zero-order valence-corrected chi connectivity index (χ0v) is 10.3. The van der Waals surface area contributed by atoms with Crippen LogP contribution >= 0.6 is 0 Å². The highest BCUT2D eigenvalue weighted by Crippen LogP contribution is 2.12. The number of carbonyl (C=O) groups excluding carboxylic acids is 1. The Bertz CT molecular complexity index is 593. The molecule has 19 heavy (non-hydrogen) atoms. The fourth-order valence-electron chi connectivity index (χ4n) is 1.62. The van der Waals surface area contributed by atoms with Gasteiger partial charge in [0.15, 0.2) is 0 Å². The summed E-state index contributed by atoms with van der Waals surface area (Å²) in [5.41, 5.74) is 0.899. The molecule has 0 aliphatic carbocycles. The lowest BCUT2D eigenvalue weighted by molar-refractivity contribution is -0.117. The average Bonchev–Trinajstić information content (AvgIpc) is 2.90. The molecule has 2 rings (SSSR count). The van der Waals surface area contributed by atoms with E-state index in [4.69, 9.17) is 5.11 Å². The van der Waals surface area contributed by atoms with Crippen LogP contribution in [0.3, 0.4) is 0 Å². The number of aromatic amines is 1. The lowest BCUT2D eigenvalue weighted by atomic mass is 10.2. The summed E-state index contributed by atoms with van der Waals surface area (Å²) in [7, 11) is 1.57. The molecule has 0 fully saturated rings. The van der Waals surface area contributed by atoms with Gasteiger partial charge in [0, 0.05) is 25.1 Å². The number of carboxylic acids is 1. The van der Waals surface area contributed by atoms with Gasteiger partial charge in [-0.15, -0.1) is 0 Å². The number of aromatic carboxylic acids is 1. The van der Waals surface area contributed by atoms with Crippen LogP contribution in [0.25, 0.3) is 0 Å². The Morgan fingerprint density at radius 1 is 1.42 bits per heavy atom. The second-order valence-electron chi connectivity index (χ2n) is 4.03. The molecule has 0 saturated heterocycles. The second-order valence-corrected chi connectivity index (χ2v) is 4.03. The van der Waals surface area contributed by atoms with E-state index in [1.807, 2.05) is 12.1 Å². The highest BCUT2D eigenvalue weighted by atomic mass is 16.4. The predicted molar refractivity (Wildman–Crippen MR) is 69.1 cm³/mol. The highest BCUT2D eigenvalue weighted by molar-refractivity contribution is 5.95. The number of nitrogens with one attached hydrogen (secondary N) is 1. The SMILES string of the molecule is CN(C(=O)Cc1ccc[nH]1)c1cc(C(=O)O)ccn1. The third-order valence-electron chi connectivity index (χ3n) is 2.71. The van der Waals surface area contributed by atoms with Crippen LogP contribution in [0.5, 0.6) is 0 Å². The lowest BCUT2D eigenvalue weighted by Crippen LogP contribution is -2.28. The molecule has 0 bridgehead atoms. The van der Waals surface area contributed by atoms with Crippen LogP contribution < -0.4 is 4.90 Å². The van der Waals surface area contributed by atoms with Crippen molar-refractivity contribution in [1.82, 2.24) is 9.97 Å². The Kier molecular flexibility index (Phi) is 3.61. The molecule has 6 heteroatoms. The Morgan fingerprint density at radius 3 is 2.84 bits per heavy atom. The van der Waals surface area contributed by atoms with Gasteiger partial charge in [0.05, 0.1) is 12.0 Å². The number of pyridine rings is 1. The van der Waals surface area contributed by atoms with Crippen LogP contribution in [0.4, 0.5) is 5.82 Å². The molecule has 0 aromatic carbocycles. The number of H-pyrrole nitrogens is 1. The maximum atomic E-state index is 12.0. The quantitative estimate of drug-likeness (QED) is 0.866. The molecular formula is C13H13N3O3. The summed E-state index contributed by atoms with van der Waals surface area (Å²) in [6, 6.07) is 6.38. The van der Waals surface area contributed by atoms with Crippen molar-refractivity contribution in [2.24, 2.45) is 0 Å². The molecule has 2 N–H and O–H groups in total. The first-order chi connectivity index (χ1) is 9.08. The third kappa shape index (κ3) is 2.98. The monoisotopic (exact) mass is 259 g/mol. The molecule has 2 aromatic rings. The number of amides is 1. The van der Waals surface area contributed by atoms with Crippen LogP contribution in [-0.2, 0) is 11.2 Å². The molecule has 0 aliphatic rings. The van der Waals surface area contributed by atoms with Gasteiger partial charge < -0.3 is 10.1 Å². The second kappa shape index (κ2) is 5.34. The summed E-state index contributed by atoms with van der Waals surface area (Å²) >= 11 is 0. The Morgan fingerprint density at radius 2 is 2.21 bits per heavy atom. The van der Waals surface area contributed by atoms with Crippen LogP contribution in [0, 0.1) is 0 Å². The Balaban J connectivity index is 2.14. The van der Waals surface area contributed by atoms with Crippen LogP contribution in [0.15, 0.2) is 36.7 Å². The zero-order chi connectivity index (χ0) is 13.8. The van der Waals surface area contributed by atoms with Crippen molar-refractivity contribution in [3.63, 3.8) is 0 Å². The molecule has 0 radical (unpaired) electrons. The first-order valence-electron chi connectivity index (χ1n) is 5.66. The van der Waals surface area contributed by atoms with E-state index in [-0.39, 0.29) is 17.9 Å². The molecule has 0 unspecified atom stereocenters. The summed E-state index contributed by atoms with van der Waals surface area (Å²) in [6.45, 7) is 0. The van der Waals surface area contributed by atoms with E-state index in [1.165, 1.54) is 23.2 Å². The van der Waals surface area contributed by atoms with E-state index in [9.17, 15) is 9.59 Å². The van der Waals surface area contributed by atoms with Crippen LogP contribution in [0.2, 0.25) is 0 Å². The molecular weight excluding hydrogens is 246 g/mol. The largest absolute Gasteiger partial charge is 0.478 e. The van der Waals surface area contributed by atoms with Gasteiger partial charge in [0.25, 0.3) is 0 Å². The van der Waals surface area contributed by atoms with Gasteiger partial charge in [-0.1, -0.05) is 0 Å². The zero-order valence-electron chi connectivity index (χ0n) is 10.3. The number of rotatable bonds is 4. The lowest BCUT2D eigenvalue weighted by Gasteiger charge is -2.16. The van der Waals surface area contributed by atoms with Gasteiger partial charge in [-0.25, -0.2) is 9.78 Å². The van der Waals surface area contributed by atoms with Gasteiger partial charge in [-0.3, -0.25) is 9.69 Å². The van der Waals surface area contributed by atoms with Crippen molar-refractivity contribution in [2.45, 2.75) is 6.42 Å². The molecule has 0 saturated carbocycles. The van der Waals surface area contributed by atoms with Gasteiger partial charge in [0.2, 0.25) is 5.91 Å². The van der Waals surface area contributed by atoms with Crippen molar-refractivity contribution in [3.8, 4) is 0 Å². The molecule has 98 valence electrons. The maximum absolute atomic E-state index is 12.0. The number of aromatic nitrogens is 2. The summed E-state index contributed by atoms with van der Waals surface area (Å²) in [5.74, 6) is -0.900. The minimum atomic E-state index is -1.05. The molecule has 2 heterocycles. The van der Waals surface area contributed by atoms with Gasteiger partial charge in [-0.05, 0) is 24.3 Å². The van der Waals surface area contributed by atoms with Gasteiger partial charge in [0.1, 0.15) is 5.82 Å². The van der Waals surface area contributed by atoms with E-state index in [0.29, 0.717) is 5.82 Å². The number of hydrogen-bond donors (Lipinski definition) is 2. The predicted octanol–water partition coefficient (Wildman–Crippen LogP) is 1.31. The maximum Gasteiger partial charge on any atom is 0.335 e. The van der Waals surface area contributed by atoms with Gasteiger partial charge in [-0.2, -0.15) is 0 Å². The highest BCUT2D eigenvalue weighted by Gasteiger charge is 2.14. The number of carboxylic acid groups (broad SMARTS) is 1. The average molecular weight is 259 g/mol. The molecule has 6 nitrogen and oxygen atoms in total. The number of carbonyl (C=O) groups is 2. The number of nitrogens with zero attached hydrogens (tertiary/aromatic N) is 2. The third-order valence-corrected chi connectivity index (χ3v) is 2.71. The molecule has 2 aromatic heterocycles. The van der Waals surface area contributed by atoms with E-state index in [1.54, 1.807) is 13.2 Å². The van der Waals surface area contributed by atoms with Crippen molar-refractivity contribution in [1.29, 1.82) is 0 Å². The summed E-state index contributed by atoms with van der Waals surface area (Å²) in [6.07, 6.45) is 3.33. The number of anilines is 1. The Hall–Kier alpha value is -2.63.